The van der Waals surface area contributed by atoms with E-state index in [-0.39, 0.29) is 5.96 Å². The Bertz CT molecular complexity index is 231. The number of nitrogens with two attached hydrogens (primary N) is 2. The van der Waals surface area contributed by atoms with E-state index >= 15 is 0 Å². The van der Waals surface area contributed by atoms with E-state index in [1.165, 1.54) is 6.92 Å². The minimum Gasteiger partial charge on any atom is -0.388 e. The molecule has 0 aliphatic carbocycles. The van der Waals surface area contributed by atoms with Crippen molar-refractivity contribution in [2.45, 2.75) is 37.6 Å². The first-order chi connectivity index (χ1) is 6.43. The van der Waals surface area contributed by atoms with Crippen molar-refractivity contribution in [3.05, 3.63) is 0 Å². The molecule has 0 spiro atoms. The quantitative estimate of drug-likeness (QED) is 0.230. The molecule has 7 N–H and O–H groups in total. The van der Waals surface area contributed by atoms with Gasteiger partial charge in [0.1, 0.15) is 18.2 Å². The van der Waals surface area contributed by atoms with Gasteiger partial charge in [-0.3, -0.25) is 0 Å². The summed E-state index contributed by atoms with van der Waals surface area (Å²) in [5.41, 5.74) is 10.2. The maximum absolute atomic E-state index is 9.52. The molecule has 82 valence electrons. The number of aliphatic hydroxyl groups excluding tert-OH is 3. The Morgan fingerprint density at radius 1 is 1.21 bits per heavy atom. The molecule has 1 rings (SSSR count). The number of aliphatic imine (C=N–C) groups is 1. The second-order valence-electron chi connectivity index (χ2n) is 3.26. The molecule has 0 aromatic rings. The maximum atomic E-state index is 9.52. The van der Waals surface area contributed by atoms with Gasteiger partial charge in [-0.1, -0.05) is 0 Å². The SMILES string of the molecule is C[C@@H]1O[C@@H](O)[C@@H](N=C(N)N)[C@H](O)[C@@H]1O. The Balaban J connectivity index is 2.79. The standard InChI is InChI=1S/C7H15N3O4/c1-2-4(11)5(12)3(6(13)14-2)10-7(8)9/h2-6,11-13H,1H3,(H4,8,9,10)/t2-,3-,4+,5-,6+/m0/s1. The van der Waals surface area contributed by atoms with Crippen molar-refractivity contribution in [3.63, 3.8) is 0 Å². The van der Waals surface area contributed by atoms with Crippen LogP contribution in [0.25, 0.3) is 0 Å². The first kappa shape index (κ1) is 11.2. The number of hydrogen-bond acceptors (Lipinski definition) is 5. The van der Waals surface area contributed by atoms with Crippen LogP contribution < -0.4 is 11.5 Å². The van der Waals surface area contributed by atoms with E-state index in [0.717, 1.165) is 0 Å². The second-order valence-corrected chi connectivity index (χ2v) is 3.26. The van der Waals surface area contributed by atoms with Gasteiger partial charge in [-0.2, -0.15) is 0 Å². The Hall–Kier alpha value is -0.890. The molecule has 5 atom stereocenters. The number of hydrogen-bond donors (Lipinski definition) is 5. The zero-order chi connectivity index (χ0) is 10.9. The van der Waals surface area contributed by atoms with E-state index in [1.807, 2.05) is 0 Å². The molecular weight excluding hydrogens is 190 g/mol. The molecule has 1 fully saturated rings. The van der Waals surface area contributed by atoms with Crippen LogP contribution in [-0.4, -0.2) is 51.9 Å². The average molecular weight is 205 g/mol. The molecule has 7 heteroatoms. The third kappa shape index (κ3) is 2.13. The molecule has 1 heterocycles. The number of guanidine groups is 1. The number of aliphatic hydroxyl groups is 3. The molecule has 0 bridgehead atoms. The average Bonchev–Trinajstić information content (AvgIpc) is 2.09. The summed E-state index contributed by atoms with van der Waals surface area (Å²) >= 11 is 0. The van der Waals surface area contributed by atoms with Crippen LogP contribution in [-0.2, 0) is 4.74 Å². The summed E-state index contributed by atoms with van der Waals surface area (Å²) in [5.74, 6) is -0.279. The van der Waals surface area contributed by atoms with Crippen LogP contribution >= 0.6 is 0 Å². The van der Waals surface area contributed by atoms with Gasteiger partial charge >= 0.3 is 0 Å². The fraction of sp³-hybridized carbons (Fsp3) is 0.857. The van der Waals surface area contributed by atoms with Crippen LogP contribution in [0.2, 0.25) is 0 Å². The van der Waals surface area contributed by atoms with Gasteiger partial charge in [-0.05, 0) is 6.92 Å². The van der Waals surface area contributed by atoms with Crippen LogP contribution in [0, 0.1) is 0 Å². The van der Waals surface area contributed by atoms with Gasteiger partial charge in [0.25, 0.3) is 0 Å². The van der Waals surface area contributed by atoms with Crippen LogP contribution in [0.3, 0.4) is 0 Å². The van der Waals surface area contributed by atoms with Gasteiger partial charge < -0.3 is 31.5 Å². The van der Waals surface area contributed by atoms with Crippen molar-refractivity contribution in [2.24, 2.45) is 16.5 Å². The van der Waals surface area contributed by atoms with Crippen molar-refractivity contribution < 1.29 is 20.1 Å². The first-order valence-corrected chi connectivity index (χ1v) is 4.22. The van der Waals surface area contributed by atoms with E-state index in [4.69, 9.17) is 16.2 Å². The first-order valence-electron chi connectivity index (χ1n) is 4.22. The van der Waals surface area contributed by atoms with Gasteiger partial charge in [0.05, 0.1) is 6.10 Å². The lowest BCUT2D eigenvalue weighted by Gasteiger charge is -2.37. The number of rotatable bonds is 1. The molecule has 1 aliphatic rings. The lowest BCUT2D eigenvalue weighted by atomic mass is 9.98. The third-order valence-electron chi connectivity index (χ3n) is 2.13. The topological polar surface area (TPSA) is 134 Å². The molecule has 1 aliphatic heterocycles. The van der Waals surface area contributed by atoms with Crippen molar-refractivity contribution in [1.29, 1.82) is 0 Å². The number of ether oxygens (including phenoxy) is 1. The molecule has 14 heavy (non-hydrogen) atoms. The number of nitrogens with zero attached hydrogens (tertiary/aromatic N) is 1. The van der Waals surface area contributed by atoms with Gasteiger partial charge in [0, 0.05) is 0 Å². The highest BCUT2D eigenvalue weighted by Gasteiger charge is 2.41. The lowest BCUT2D eigenvalue weighted by Crippen LogP contribution is -2.56. The minimum absolute atomic E-state index is 0.279. The molecule has 7 nitrogen and oxygen atoms in total. The fourth-order valence-electron chi connectivity index (χ4n) is 1.34. The molecule has 0 amide bonds. The lowest BCUT2D eigenvalue weighted by molar-refractivity contribution is -0.236. The van der Waals surface area contributed by atoms with Crippen LogP contribution in [0.15, 0.2) is 4.99 Å². The monoisotopic (exact) mass is 205 g/mol. The van der Waals surface area contributed by atoms with E-state index < -0.39 is 30.6 Å². The Labute approximate surface area is 81.0 Å². The fourth-order valence-corrected chi connectivity index (χ4v) is 1.34. The second kappa shape index (κ2) is 4.09. The van der Waals surface area contributed by atoms with Gasteiger partial charge in [-0.25, -0.2) is 4.99 Å². The summed E-state index contributed by atoms with van der Waals surface area (Å²) in [4.78, 5) is 3.57. The highest BCUT2D eigenvalue weighted by Crippen LogP contribution is 2.21. The zero-order valence-electron chi connectivity index (χ0n) is 7.74. The van der Waals surface area contributed by atoms with E-state index in [1.54, 1.807) is 0 Å². The van der Waals surface area contributed by atoms with Gasteiger partial charge in [0.2, 0.25) is 0 Å². The molecule has 0 aromatic carbocycles. The molecular formula is C7H15N3O4. The highest BCUT2D eigenvalue weighted by molar-refractivity contribution is 5.75. The van der Waals surface area contributed by atoms with Crippen molar-refractivity contribution in [3.8, 4) is 0 Å². The summed E-state index contributed by atoms with van der Waals surface area (Å²) in [6, 6.07) is -1.05. The van der Waals surface area contributed by atoms with E-state index in [9.17, 15) is 15.3 Å². The normalized spacial score (nSPS) is 43.3. The Kier molecular flexibility index (Phi) is 3.27. The van der Waals surface area contributed by atoms with Crippen molar-refractivity contribution >= 4 is 5.96 Å². The molecule has 0 aromatic heterocycles. The Morgan fingerprint density at radius 3 is 2.29 bits per heavy atom. The molecule has 1 saturated heterocycles. The van der Waals surface area contributed by atoms with Crippen LogP contribution in [0.1, 0.15) is 6.92 Å². The smallest absolute Gasteiger partial charge is 0.186 e. The predicted molar refractivity (Wildman–Crippen MR) is 48.2 cm³/mol. The summed E-state index contributed by atoms with van der Waals surface area (Å²) in [7, 11) is 0. The summed E-state index contributed by atoms with van der Waals surface area (Å²) < 4.78 is 4.91. The minimum atomic E-state index is -1.31. The van der Waals surface area contributed by atoms with Gasteiger partial charge in [0.15, 0.2) is 12.2 Å². The summed E-state index contributed by atoms with van der Waals surface area (Å²) in [6.07, 6.45) is -4.33. The van der Waals surface area contributed by atoms with Gasteiger partial charge in [-0.15, -0.1) is 0 Å². The predicted octanol–water partition coefficient (Wildman–Crippen LogP) is -2.91. The van der Waals surface area contributed by atoms with Crippen LogP contribution in [0.5, 0.6) is 0 Å². The summed E-state index contributed by atoms with van der Waals surface area (Å²) in [5, 5.41) is 28.3. The molecule has 0 saturated carbocycles. The maximum Gasteiger partial charge on any atom is 0.186 e. The molecule has 0 unspecified atom stereocenters. The van der Waals surface area contributed by atoms with E-state index in [2.05, 4.69) is 4.99 Å². The van der Waals surface area contributed by atoms with Crippen molar-refractivity contribution in [1.82, 2.24) is 0 Å². The third-order valence-corrected chi connectivity index (χ3v) is 2.13. The van der Waals surface area contributed by atoms with E-state index in [0.29, 0.717) is 0 Å². The zero-order valence-corrected chi connectivity index (χ0v) is 7.74. The van der Waals surface area contributed by atoms with Crippen molar-refractivity contribution in [2.75, 3.05) is 0 Å². The largest absolute Gasteiger partial charge is 0.388 e. The molecule has 0 radical (unpaired) electrons. The van der Waals surface area contributed by atoms with Crippen LogP contribution in [0.4, 0.5) is 0 Å². The Morgan fingerprint density at radius 2 is 1.79 bits per heavy atom. The summed E-state index contributed by atoms with van der Waals surface area (Å²) in [6.45, 7) is 1.53. The highest BCUT2D eigenvalue weighted by atomic mass is 16.6.